The number of hydrogen-bond donors (Lipinski definition) is 0. The summed E-state index contributed by atoms with van der Waals surface area (Å²) < 4.78 is 24.9. The highest BCUT2D eigenvalue weighted by atomic mass is 32.2. The van der Waals surface area contributed by atoms with Gasteiger partial charge in [0.25, 0.3) is 5.91 Å². The molecule has 1 aliphatic heterocycles. The van der Waals surface area contributed by atoms with Gasteiger partial charge in [-0.15, -0.1) is 0 Å². The minimum absolute atomic E-state index is 0.0554. The smallest absolute Gasteiger partial charge is 0.253 e. The van der Waals surface area contributed by atoms with E-state index >= 15 is 0 Å². The molecule has 122 valence electrons. The molecule has 6 nitrogen and oxygen atoms in total. The van der Waals surface area contributed by atoms with Crippen molar-refractivity contribution >= 4 is 15.7 Å². The van der Waals surface area contributed by atoms with Gasteiger partial charge in [0.15, 0.2) is 9.84 Å². The molecule has 1 aromatic heterocycles. The van der Waals surface area contributed by atoms with Gasteiger partial charge in [0.2, 0.25) is 0 Å². The molecule has 1 atom stereocenters. The molecular formula is C16H19N3O3S. The lowest BCUT2D eigenvalue weighted by Crippen LogP contribution is -2.37. The first-order chi connectivity index (χ1) is 10.9. The largest absolute Gasteiger partial charge is 0.338 e. The van der Waals surface area contributed by atoms with Gasteiger partial charge in [0.1, 0.15) is 0 Å². The third-order valence-electron chi connectivity index (χ3n) is 4.18. The molecule has 1 aromatic carbocycles. The Morgan fingerprint density at radius 1 is 1.26 bits per heavy atom. The van der Waals surface area contributed by atoms with Crippen molar-refractivity contribution in [2.75, 3.05) is 18.6 Å². The SMILES string of the molecule is Cc1ccn(-c2ccc(C(=O)N(C)[C@H]3CCS(=O)(=O)C3)cc2)n1. The summed E-state index contributed by atoms with van der Waals surface area (Å²) in [6.45, 7) is 1.92. The maximum atomic E-state index is 12.5. The van der Waals surface area contributed by atoms with Crippen molar-refractivity contribution in [1.82, 2.24) is 14.7 Å². The first-order valence-electron chi connectivity index (χ1n) is 7.46. The van der Waals surface area contributed by atoms with Crippen molar-refractivity contribution < 1.29 is 13.2 Å². The molecule has 1 fully saturated rings. The van der Waals surface area contributed by atoms with E-state index in [1.165, 1.54) is 4.90 Å². The Kier molecular flexibility index (Phi) is 3.97. The van der Waals surface area contributed by atoms with E-state index in [-0.39, 0.29) is 23.5 Å². The predicted molar refractivity (Wildman–Crippen MR) is 87.5 cm³/mol. The first kappa shape index (κ1) is 15.7. The molecular weight excluding hydrogens is 314 g/mol. The van der Waals surface area contributed by atoms with Crippen molar-refractivity contribution in [2.24, 2.45) is 0 Å². The summed E-state index contributed by atoms with van der Waals surface area (Å²) >= 11 is 0. The highest BCUT2D eigenvalue weighted by Crippen LogP contribution is 2.19. The molecule has 7 heteroatoms. The maximum Gasteiger partial charge on any atom is 0.253 e. The van der Waals surface area contributed by atoms with E-state index in [0.29, 0.717) is 12.0 Å². The average Bonchev–Trinajstić information content (AvgIpc) is 3.11. The summed E-state index contributed by atoms with van der Waals surface area (Å²) in [5, 5.41) is 4.32. The number of aromatic nitrogens is 2. The summed E-state index contributed by atoms with van der Waals surface area (Å²) in [6, 6.07) is 8.83. The van der Waals surface area contributed by atoms with Crippen LogP contribution in [0.4, 0.5) is 0 Å². The molecule has 0 radical (unpaired) electrons. The van der Waals surface area contributed by atoms with Crippen LogP contribution >= 0.6 is 0 Å². The number of nitrogens with zero attached hydrogens (tertiary/aromatic N) is 3. The Hall–Kier alpha value is -2.15. The van der Waals surface area contributed by atoms with Gasteiger partial charge >= 0.3 is 0 Å². The topological polar surface area (TPSA) is 72.3 Å². The number of carbonyl (C=O) groups excluding carboxylic acids is 1. The molecule has 1 aliphatic rings. The molecule has 1 saturated heterocycles. The predicted octanol–water partition coefficient (Wildman–Crippen LogP) is 1.44. The van der Waals surface area contributed by atoms with Crippen LogP contribution < -0.4 is 0 Å². The Bertz CT molecular complexity index is 825. The zero-order valence-electron chi connectivity index (χ0n) is 13.1. The van der Waals surface area contributed by atoms with Gasteiger partial charge in [-0.25, -0.2) is 13.1 Å². The van der Waals surface area contributed by atoms with Crippen LogP contribution in [0, 0.1) is 6.92 Å². The monoisotopic (exact) mass is 333 g/mol. The molecule has 1 amide bonds. The summed E-state index contributed by atoms with van der Waals surface area (Å²) in [7, 11) is -1.34. The number of rotatable bonds is 3. The molecule has 3 rings (SSSR count). The maximum absolute atomic E-state index is 12.5. The number of amides is 1. The average molecular weight is 333 g/mol. The van der Waals surface area contributed by atoms with E-state index in [4.69, 9.17) is 0 Å². The summed E-state index contributed by atoms with van der Waals surface area (Å²) in [5.74, 6) is 0.0579. The number of benzene rings is 1. The standard InChI is InChI=1S/C16H19N3O3S/c1-12-7-9-19(17-12)14-5-3-13(4-6-14)16(20)18(2)15-8-10-23(21,22)11-15/h3-7,9,15H,8,10-11H2,1-2H3/t15-/m0/s1. The molecule has 0 spiro atoms. The molecule has 0 bridgehead atoms. The van der Waals surface area contributed by atoms with E-state index < -0.39 is 9.84 Å². The van der Waals surface area contributed by atoms with Crippen LogP contribution in [0.5, 0.6) is 0 Å². The van der Waals surface area contributed by atoms with Gasteiger partial charge in [-0.1, -0.05) is 0 Å². The second kappa shape index (κ2) is 5.81. The molecule has 2 heterocycles. The van der Waals surface area contributed by atoms with Gasteiger partial charge in [-0.05, 0) is 43.7 Å². The van der Waals surface area contributed by atoms with Gasteiger partial charge in [-0.2, -0.15) is 5.10 Å². The lowest BCUT2D eigenvalue weighted by Gasteiger charge is -2.23. The summed E-state index contributed by atoms with van der Waals surface area (Å²) in [5.41, 5.74) is 2.34. The van der Waals surface area contributed by atoms with Crippen LogP contribution in [0.15, 0.2) is 36.5 Å². The van der Waals surface area contributed by atoms with Gasteiger partial charge in [-0.3, -0.25) is 4.79 Å². The van der Waals surface area contributed by atoms with Crippen molar-refractivity contribution in [3.63, 3.8) is 0 Å². The number of sulfone groups is 1. The molecule has 2 aromatic rings. The molecule has 0 N–H and O–H groups in total. The van der Waals surface area contributed by atoms with Crippen molar-refractivity contribution in [3.8, 4) is 5.69 Å². The first-order valence-corrected chi connectivity index (χ1v) is 9.28. The Labute approximate surface area is 135 Å². The zero-order valence-corrected chi connectivity index (χ0v) is 14.0. The number of carbonyl (C=O) groups is 1. The van der Waals surface area contributed by atoms with Gasteiger partial charge < -0.3 is 4.90 Å². The fourth-order valence-electron chi connectivity index (χ4n) is 2.77. The van der Waals surface area contributed by atoms with Crippen LogP contribution in [0.25, 0.3) is 5.69 Å². The number of hydrogen-bond acceptors (Lipinski definition) is 4. The lowest BCUT2D eigenvalue weighted by atomic mass is 10.1. The van der Waals surface area contributed by atoms with E-state index in [9.17, 15) is 13.2 Å². The van der Waals surface area contributed by atoms with Crippen LogP contribution in [-0.4, -0.2) is 53.6 Å². The molecule has 0 aliphatic carbocycles. The molecule has 0 unspecified atom stereocenters. The van der Waals surface area contributed by atoms with Crippen LogP contribution in [0.2, 0.25) is 0 Å². The van der Waals surface area contributed by atoms with Crippen molar-refractivity contribution in [2.45, 2.75) is 19.4 Å². The van der Waals surface area contributed by atoms with Crippen LogP contribution in [0.1, 0.15) is 22.5 Å². The van der Waals surface area contributed by atoms with E-state index in [1.54, 1.807) is 23.9 Å². The van der Waals surface area contributed by atoms with Crippen LogP contribution in [-0.2, 0) is 9.84 Å². The fraction of sp³-hybridized carbons (Fsp3) is 0.375. The summed E-state index contributed by atoms with van der Waals surface area (Å²) in [6.07, 6.45) is 2.37. The normalized spacial score (nSPS) is 19.7. The van der Waals surface area contributed by atoms with E-state index in [0.717, 1.165) is 11.4 Å². The third-order valence-corrected chi connectivity index (χ3v) is 5.93. The van der Waals surface area contributed by atoms with Crippen LogP contribution in [0.3, 0.4) is 0 Å². The van der Waals surface area contributed by atoms with Gasteiger partial charge in [0.05, 0.1) is 22.9 Å². The highest BCUT2D eigenvalue weighted by Gasteiger charge is 2.32. The third kappa shape index (κ3) is 3.29. The van der Waals surface area contributed by atoms with Gasteiger partial charge in [0, 0.05) is 24.8 Å². The Morgan fingerprint density at radius 2 is 1.96 bits per heavy atom. The fourth-order valence-corrected chi connectivity index (χ4v) is 4.54. The minimum Gasteiger partial charge on any atom is -0.338 e. The number of aryl methyl sites for hydroxylation is 1. The van der Waals surface area contributed by atoms with E-state index in [2.05, 4.69) is 5.10 Å². The van der Waals surface area contributed by atoms with Crippen molar-refractivity contribution in [1.29, 1.82) is 0 Å². The van der Waals surface area contributed by atoms with E-state index in [1.807, 2.05) is 31.3 Å². The minimum atomic E-state index is -3.00. The lowest BCUT2D eigenvalue weighted by molar-refractivity contribution is 0.0747. The second-order valence-corrected chi connectivity index (χ2v) is 8.15. The Balaban J connectivity index is 1.75. The molecule has 0 saturated carbocycles. The summed E-state index contributed by atoms with van der Waals surface area (Å²) in [4.78, 5) is 14.0. The zero-order chi connectivity index (χ0) is 16.6. The second-order valence-electron chi connectivity index (χ2n) is 5.92. The highest BCUT2D eigenvalue weighted by molar-refractivity contribution is 7.91. The Morgan fingerprint density at radius 3 is 2.48 bits per heavy atom. The van der Waals surface area contributed by atoms with Crippen molar-refractivity contribution in [3.05, 3.63) is 47.8 Å². The quantitative estimate of drug-likeness (QED) is 0.852. The molecule has 23 heavy (non-hydrogen) atoms.